The van der Waals surface area contributed by atoms with E-state index in [2.05, 4.69) is 26.7 Å². The van der Waals surface area contributed by atoms with E-state index >= 15 is 0 Å². The second-order valence-electron chi connectivity index (χ2n) is 5.67. The van der Waals surface area contributed by atoms with E-state index in [4.69, 9.17) is 0 Å². The van der Waals surface area contributed by atoms with Gasteiger partial charge in [-0.25, -0.2) is 4.98 Å². The largest absolute Gasteiger partial charge is 0.348 e. The summed E-state index contributed by atoms with van der Waals surface area (Å²) >= 11 is 0. The Morgan fingerprint density at radius 3 is 2.54 bits per heavy atom. The summed E-state index contributed by atoms with van der Waals surface area (Å²) in [4.78, 5) is 21.4. The zero-order chi connectivity index (χ0) is 16.9. The van der Waals surface area contributed by atoms with Crippen LogP contribution in [0, 0.1) is 6.92 Å². The van der Waals surface area contributed by atoms with Gasteiger partial charge in [0, 0.05) is 19.3 Å². The zero-order valence-electron chi connectivity index (χ0n) is 13.8. The average Bonchev–Trinajstić information content (AvgIpc) is 2.60. The molecule has 0 radical (unpaired) electrons. The first-order valence-corrected chi connectivity index (χ1v) is 7.91. The number of benzene rings is 2. The number of nitrogens with one attached hydrogen (secondary N) is 2. The Hall–Kier alpha value is -2.79. The molecule has 0 unspecified atom stereocenters. The summed E-state index contributed by atoms with van der Waals surface area (Å²) in [6.45, 7) is 3.13. The van der Waals surface area contributed by atoms with Crippen LogP contribution >= 0.6 is 0 Å². The summed E-state index contributed by atoms with van der Waals surface area (Å²) in [6, 6.07) is 13.5. The van der Waals surface area contributed by atoms with E-state index in [9.17, 15) is 4.79 Å². The highest BCUT2D eigenvalue weighted by Gasteiger charge is 2.12. The highest BCUT2D eigenvalue weighted by atomic mass is 16.1. The second-order valence-corrected chi connectivity index (χ2v) is 5.67. The molecule has 0 atom stereocenters. The van der Waals surface area contributed by atoms with Crippen molar-refractivity contribution in [2.75, 3.05) is 7.05 Å². The van der Waals surface area contributed by atoms with Gasteiger partial charge in [0.2, 0.25) is 0 Å². The molecule has 0 spiro atoms. The minimum Gasteiger partial charge on any atom is -0.348 e. The maximum atomic E-state index is 12.6. The van der Waals surface area contributed by atoms with E-state index in [1.54, 1.807) is 12.3 Å². The van der Waals surface area contributed by atoms with Crippen LogP contribution in [0.15, 0.2) is 48.7 Å². The third-order valence-electron chi connectivity index (χ3n) is 3.86. The Labute approximate surface area is 141 Å². The maximum absolute atomic E-state index is 12.6. The molecule has 0 bridgehead atoms. The summed E-state index contributed by atoms with van der Waals surface area (Å²) in [7, 11) is 1.91. The van der Waals surface area contributed by atoms with Crippen LogP contribution in [0.4, 0.5) is 0 Å². The Morgan fingerprint density at radius 1 is 1.04 bits per heavy atom. The van der Waals surface area contributed by atoms with Crippen LogP contribution in [0.3, 0.4) is 0 Å². The molecule has 5 heteroatoms. The SMILES string of the molecule is CNCc1ccccc1CNC(=O)c1cccc2nc(C)cnc12. The lowest BCUT2D eigenvalue weighted by atomic mass is 10.1. The number of para-hydroxylation sites is 1. The summed E-state index contributed by atoms with van der Waals surface area (Å²) in [5.74, 6) is -0.141. The van der Waals surface area contributed by atoms with Crippen LogP contribution in [0.2, 0.25) is 0 Å². The standard InChI is InChI=1S/C19H20N4O/c1-13-10-21-18-16(8-5-9-17(18)23-13)19(24)22-12-15-7-4-3-6-14(15)11-20-2/h3-10,20H,11-12H2,1-2H3,(H,22,24). The molecule has 0 aliphatic carbocycles. The van der Waals surface area contributed by atoms with E-state index in [0.29, 0.717) is 17.6 Å². The minimum absolute atomic E-state index is 0.141. The first kappa shape index (κ1) is 16.1. The molecule has 0 aliphatic heterocycles. The van der Waals surface area contributed by atoms with Gasteiger partial charge >= 0.3 is 0 Å². The monoisotopic (exact) mass is 320 g/mol. The van der Waals surface area contributed by atoms with E-state index in [1.165, 1.54) is 5.56 Å². The van der Waals surface area contributed by atoms with Gasteiger partial charge in [-0.3, -0.25) is 9.78 Å². The number of rotatable bonds is 5. The van der Waals surface area contributed by atoms with Gasteiger partial charge in [-0.2, -0.15) is 0 Å². The molecular weight excluding hydrogens is 300 g/mol. The van der Waals surface area contributed by atoms with Crippen molar-refractivity contribution in [2.24, 2.45) is 0 Å². The van der Waals surface area contributed by atoms with E-state index < -0.39 is 0 Å². The van der Waals surface area contributed by atoms with Crippen molar-refractivity contribution in [3.63, 3.8) is 0 Å². The number of aromatic nitrogens is 2. The van der Waals surface area contributed by atoms with Crippen molar-refractivity contribution >= 4 is 16.9 Å². The van der Waals surface area contributed by atoms with Crippen molar-refractivity contribution in [3.8, 4) is 0 Å². The predicted molar refractivity (Wildman–Crippen MR) is 94.7 cm³/mol. The van der Waals surface area contributed by atoms with Gasteiger partial charge in [-0.15, -0.1) is 0 Å². The first-order chi connectivity index (χ1) is 11.7. The summed E-state index contributed by atoms with van der Waals surface area (Å²) in [6.07, 6.45) is 1.68. The minimum atomic E-state index is -0.141. The van der Waals surface area contributed by atoms with Gasteiger partial charge in [-0.1, -0.05) is 30.3 Å². The third-order valence-corrected chi connectivity index (χ3v) is 3.86. The molecule has 0 fully saturated rings. The number of carbonyl (C=O) groups excluding carboxylic acids is 1. The van der Waals surface area contributed by atoms with Gasteiger partial charge in [0.15, 0.2) is 0 Å². The molecule has 122 valence electrons. The normalized spacial score (nSPS) is 10.8. The molecule has 0 saturated carbocycles. The molecule has 2 aromatic carbocycles. The number of hydrogen-bond donors (Lipinski definition) is 2. The Balaban J connectivity index is 1.81. The van der Waals surface area contributed by atoms with Crippen LogP contribution in [0.5, 0.6) is 0 Å². The Morgan fingerprint density at radius 2 is 1.79 bits per heavy atom. The molecule has 0 saturated heterocycles. The highest BCUT2D eigenvalue weighted by molar-refractivity contribution is 6.04. The summed E-state index contributed by atoms with van der Waals surface area (Å²) in [5.41, 5.74) is 5.02. The molecule has 1 heterocycles. The van der Waals surface area contributed by atoms with Gasteiger partial charge in [0.1, 0.15) is 5.52 Å². The van der Waals surface area contributed by atoms with Gasteiger partial charge < -0.3 is 10.6 Å². The molecule has 3 rings (SSSR count). The second kappa shape index (κ2) is 7.19. The number of nitrogens with zero attached hydrogens (tertiary/aromatic N) is 2. The topological polar surface area (TPSA) is 66.9 Å². The van der Waals surface area contributed by atoms with E-state index in [0.717, 1.165) is 23.3 Å². The molecule has 3 aromatic rings. The summed E-state index contributed by atoms with van der Waals surface area (Å²) in [5, 5.41) is 6.13. The fraction of sp³-hybridized carbons (Fsp3) is 0.211. The van der Waals surface area contributed by atoms with Crippen molar-refractivity contribution in [2.45, 2.75) is 20.0 Å². The third kappa shape index (κ3) is 3.41. The molecule has 1 amide bonds. The van der Waals surface area contributed by atoms with E-state index in [1.807, 2.05) is 44.3 Å². The maximum Gasteiger partial charge on any atom is 0.253 e. The number of hydrogen-bond acceptors (Lipinski definition) is 4. The number of fused-ring (bicyclic) bond motifs is 1. The van der Waals surface area contributed by atoms with Crippen LogP contribution < -0.4 is 10.6 Å². The lowest BCUT2D eigenvalue weighted by molar-refractivity contribution is 0.0952. The fourth-order valence-corrected chi connectivity index (χ4v) is 2.68. The lowest BCUT2D eigenvalue weighted by Crippen LogP contribution is -2.24. The van der Waals surface area contributed by atoms with Gasteiger partial charge in [0.25, 0.3) is 5.91 Å². The number of aryl methyl sites for hydroxylation is 1. The average molecular weight is 320 g/mol. The smallest absolute Gasteiger partial charge is 0.253 e. The zero-order valence-corrected chi connectivity index (χ0v) is 13.8. The van der Waals surface area contributed by atoms with Crippen LogP contribution in [-0.2, 0) is 13.1 Å². The van der Waals surface area contributed by atoms with Crippen molar-refractivity contribution in [3.05, 3.63) is 71.0 Å². The number of amides is 1. The molecule has 5 nitrogen and oxygen atoms in total. The predicted octanol–water partition coefficient (Wildman–Crippen LogP) is 2.59. The van der Waals surface area contributed by atoms with Crippen molar-refractivity contribution in [1.82, 2.24) is 20.6 Å². The van der Waals surface area contributed by atoms with E-state index in [-0.39, 0.29) is 5.91 Å². The molecular formula is C19H20N4O. The Bertz CT molecular complexity index is 876. The quantitative estimate of drug-likeness (QED) is 0.758. The van der Waals surface area contributed by atoms with Gasteiger partial charge in [-0.05, 0) is 37.2 Å². The van der Waals surface area contributed by atoms with Crippen LogP contribution in [0.25, 0.3) is 11.0 Å². The molecule has 1 aromatic heterocycles. The first-order valence-electron chi connectivity index (χ1n) is 7.91. The Kier molecular flexibility index (Phi) is 4.82. The fourth-order valence-electron chi connectivity index (χ4n) is 2.68. The molecule has 2 N–H and O–H groups in total. The lowest BCUT2D eigenvalue weighted by Gasteiger charge is -2.11. The molecule has 24 heavy (non-hydrogen) atoms. The van der Waals surface area contributed by atoms with Crippen LogP contribution in [-0.4, -0.2) is 22.9 Å². The van der Waals surface area contributed by atoms with Crippen LogP contribution in [0.1, 0.15) is 27.2 Å². The summed E-state index contributed by atoms with van der Waals surface area (Å²) < 4.78 is 0. The number of carbonyl (C=O) groups is 1. The highest BCUT2D eigenvalue weighted by Crippen LogP contribution is 2.15. The van der Waals surface area contributed by atoms with Gasteiger partial charge in [0.05, 0.1) is 16.8 Å². The van der Waals surface area contributed by atoms with Crippen molar-refractivity contribution in [1.29, 1.82) is 0 Å². The van der Waals surface area contributed by atoms with Crippen molar-refractivity contribution < 1.29 is 4.79 Å². The molecule has 0 aliphatic rings.